The van der Waals surface area contributed by atoms with Gasteiger partial charge in [0.2, 0.25) is 5.91 Å². The lowest BCUT2D eigenvalue weighted by molar-refractivity contribution is -0.152. The molecule has 0 rings (SSSR count). The average Bonchev–Trinajstić information content (AvgIpc) is 2.26. The lowest BCUT2D eigenvalue weighted by Crippen LogP contribution is -2.46. The van der Waals surface area contributed by atoms with Gasteiger partial charge in [-0.15, -0.1) is 0 Å². The second kappa shape index (κ2) is 7.68. The molecule has 0 aliphatic rings. The number of hydrogen-bond donors (Lipinski definition) is 2. The Morgan fingerprint density at radius 1 is 1.17 bits per heavy atom. The van der Waals surface area contributed by atoms with Crippen molar-refractivity contribution < 1.29 is 24.6 Å². The summed E-state index contributed by atoms with van der Waals surface area (Å²) < 4.78 is 0. The number of carboxylic acids is 2. The Bertz CT molecular complexity index is 314. The molecule has 1 atom stereocenters. The van der Waals surface area contributed by atoms with Gasteiger partial charge in [-0.3, -0.25) is 9.59 Å². The van der Waals surface area contributed by atoms with Gasteiger partial charge < -0.3 is 15.1 Å². The van der Waals surface area contributed by atoms with Crippen LogP contribution in [0.15, 0.2) is 0 Å². The summed E-state index contributed by atoms with van der Waals surface area (Å²) in [4.78, 5) is 34.6. The largest absolute Gasteiger partial charge is 0.481 e. The number of carbonyl (C=O) groups is 3. The molecule has 0 aromatic carbocycles. The molecular weight excluding hydrogens is 238 g/mol. The number of carboxylic acid groups (broad SMARTS) is 2. The van der Waals surface area contributed by atoms with Crippen molar-refractivity contribution in [2.45, 2.75) is 46.1 Å². The molecule has 104 valence electrons. The van der Waals surface area contributed by atoms with E-state index in [0.29, 0.717) is 6.42 Å². The minimum atomic E-state index is -1.09. The highest BCUT2D eigenvalue weighted by Gasteiger charge is 2.29. The summed E-state index contributed by atoms with van der Waals surface area (Å²) in [6.07, 6.45) is 0.246. The van der Waals surface area contributed by atoms with Gasteiger partial charge >= 0.3 is 11.9 Å². The van der Waals surface area contributed by atoms with Crippen molar-refractivity contribution in [1.29, 1.82) is 0 Å². The molecule has 1 amide bonds. The smallest absolute Gasteiger partial charge is 0.326 e. The number of aliphatic carboxylic acids is 2. The molecule has 0 saturated heterocycles. The van der Waals surface area contributed by atoms with Crippen LogP contribution in [0, 0.1) is 5.92 Å². The van der Waals surface area contributed by atoms with Crippen LogP contribution in [0.4, 0.5) is 0 Å². The third-order valence-corrected chi connectivity index (χ3v) is 2.55. The average molecular weight is 259 g/mol. The Morgan fingerprint density at radius 2 is 1.72 bits per heavy atom. The third kappa shape index (κ3) is 5.65. The lowest BCUT2D eigenvalue weighted by atomic mass is 10.0. The molecule has 0 saturated carbocycles. The van der Waals surface area contributed by atoms with E-state index in [1.54, 1.807) is 6.92 Å². The molecule has 0 heterocycles. The molecule has 6 nitrogen and oxygen atoms in total. The molecule has 0 radical (unpaired) electrons. The summed E-state index contributed by atoms with van der Waals surface area (Å²) in [6, 6.07) is -0.947. The van der Waals surface area contributed by atoms with Crippen LogP contribution in [0.5, 0.6) is 0 Å². The maximum atomic E-state index is 11.7. The third-order valence-electron chi connectivity index (χ3n) is 2.55. The standard InChI is InChI=1S/C12H21NO5/c1-4-10(14)13(6-5-11(15)16)9(12(17)18)7-8(2)3/h8-9H,4-7H2,1-3H3,(H,15,16)(H,17,18). The fourth-order valence-corrected chi connectivity index (χ4v) is 1.68. The van der Waals surface area contributed by atoms with Gasteiger partial charge in [0.05, 0.1) is 6.42 Å². The highest BCUT2D eigenvalue weighted by Crippen LogP contribution is 2.14. The summed E-state index contributed by atoms with van der Waals surface area (Å²) in [6.45, 7) is 5.29. The second-order valence-electron chi connectivity index (χ2n) is 4.57. The Labute approximate surface area is 107 Å². The normalized spacial score (nSPS) is 12.2. The number of nitrogens with zero attached hydrogens (tertiary/aromatic N) is 1. The van der Waals surface area contributed by atoms with Crippen LogP contribution in [-0.2, 0) is 14.4 Å². The van der Waals surface area contributed by atoms with E-state index < -0.39 is 18.0 Å². The van der Waals surface area contributed by atoms with Gasteiger partial charge in [0.15, 0.2) is 0 Å². The van der Waals surface area contributed by atoms with E-state index in [9.17, 15) is 14.4 Å². The van der Waals surface area contributed by atoms with E-state index >= 15 is 0 Å². The van der Waals surface area contributed by atoms with E-state index in [4.69, 9.17) is 10.2 Å². The molecule has 0 aliphatic heterocycles. The van der Waals surface area contributed by atoms with E-state index in [2.05, 4.69) is 0 Å². The SMILES string of the molecule is CCC(=O)N(CCC(=O)O)C(CC(C)C)C(=O)O. The van der Waals surface area contributed by atoms with Gasteiger partial charge in [0, 0.05) is 13.0 Å². The first-order valence-electron chi connectivity index (χ1n) is 6.03. The van der Waals surface area contributed by atoms with Crippen molar-refractivity contribution in [3.8, 4) is 0 Å². The van der Waals surface area contributed by atoms with Crippen molar-refractivity contribution in [3.05, 3.63) is 0 Å². The van der Waals surface area contributed by atoms with Crippen LogP contribution < -0.4 is 0 Å². The van der Waals surface area contributed by atoms with Crippen LogP contribution in [0.2, 0.25) is 0 Å². The fraction of sp³-hybridized carbons (Fsp3) is 0.750. The first-order chi connectivity index (χ1) is 8.29. The van der Waals surface area contributed by atoms with Crippen LogP contribution in [-0.4, -0.2) is 45.5 Å². The topological polar surface area (TPSA) is 94.9 Å². The lowest BCUT2D eigenvalue weighted by Gasteiger charge is -2.29. The molecule has 0 aliphatic carbocycles. The van der Waals surface area contributed by atoms with Crippen molar-refractivity contribution in [3.63, 3.8) is 0 Å². The Hall–Kier alpha value is -1.59. The maximum absolute atomic E-state index is 11.7. The van der Waals surface area contributed by atoms with Gasteiger partial charge in [-0.25, -0.2) is 4.79 Å². The molecule has 18 heavy (non-hydrogen) atoms. The van der Waals surface area contributed by atoms with E-state index in [1.165, 1.54) is 0 Å². The summed E-state index contributed by atoms with van der Waals surface area (Å²) in [7, 11) is 0. The van der Waals surface area contributed by atoms with Crippen molar-refractivity contribution >= 4 is 17.8 Å². The molecule has 2 N–H and O–H groups in total. The molecule has 1 unspecified atom stereocenters. The Kier molecular flexibility index (Phi) is 7.00. The highest BCUT2D eigenvalue weighted by atomic mass is 16.4. The summed E-state index contributed by atoms with van der Waals surface area (Å²) in [5.41, 5.74) is 0. The predicted molar refractivity (Wildman–Crippen MR) is 65.1 cm³/mol. The van der Waals surface area contributed by atoms with Crippen molar-refractivity contribution in [2.75, 3.05) is 6.54 Å². The molecule has 0 bridgehead atoms. The Morgan fingerprint density at radius 3 is 2.06 bits per heavy atom. The first kappa shape index (κ1) is 16.4. The van der Waals surface area contributed by atoms with Gasteiger partial charge in [-0.1, -0.05) is 20.8 Å². The summed E-state index contributed by atoms with van der Waals surface area (Å²) in [5.74, 6) is -2.35. The number of rotatable bonds is 8. The van der Waals surface area contributed by atoms with Crippen LogP contribution in [0.3, 0.4) is 0 Å². The Balaban J connectivity index is 4.91. The monoisotopic (exact) mass is 259 g/mol. The van der Waals surface area contributed by atoms with Crippen molar-refractivity contribution in [2.24, 2.45) is 5.92 Å². The maximum Gasteiger partial charge on any atom is 0.326 e. The van der Waals surface area contributed by atoms with Gasteiger partial charge in [-0.05, 0) is 12.3 Å². The first-order valence-corrected chi connectivity index (χ1v) is 6.03. The minimum absolute atomic E-state index is 0.0638. The fourth-order valence-electron chi connectivity index (χ4n) is 1.68. The zero-order valence-corrected chi connectivity index (χ0v) is 11.0. The van der Waals surface area contributed by atoms with Crippen LogP contribution >= 0.6 is 0 Å². The minimum Gasteiger partial charge on any atom is -0.481 e. The molecule has 0 fully saturated rings. The van der Waals surface area contributed by atoms with Gasteiger partial charge in [0.25, 0.3) is 0 Å². The van der Waals surface area contributed by atoms with Gasteiger partial charge in [-0.2, -0.15) is 0 Å². The highest BCUT2D eigenvalue weighted by molar-refractivity contribution is 5.83. The second-order valence-corrected chi connectivity index (χ2v) is 4.57. The van der Waals surface area contributed by atoms with Crippen LogP contribution in [0.1, 0.15) is 40.0 Å². The summed E-state index contributed by atoms with van der Waals surface area (Å²) in [5, 5.41) is 17.8. The molecule has 0 aromatic rings. The number of hydrogen-bond acceptors (Lipinski definition) is 3. The number of amides is 1. The molecule has 6 heteroatoms. The van der Waals surface area contributed by atoms with E-state index in [-0.39, 0.29) is 31.2 Å². The summed E-state index contributed by atoms with van der Waals surface area (Å²) >= 11 is 0. The molecule has 0 spiro atoms. The van der Waals surface area contributed by atoms with E-state index in [1.807, 2.05) is 13.8 Å². The zero-order valence-electron chi connectivity index (χ0n) is 11.0. The van der Waals surface area contributed by atoms with Crippen LogP contribution in [0.25, 0.3) is 0 Å². The zero-order chi connectivity index (χ0) is 14.3. The van der Waals surface area contributed by atoms with Gasteiger partial charge in [0.1, 0.15) is 6.04 Å². The predicted octanol–water partition coefficient (Wildman–Crippen LogP) is 1.20. The van der Waals surface area contributed by atoms with E-state index in [0.717, 1.165) is 4.90 Å². The molecular formula is C12H21NO5. The molecule has 0 aromatic heterocycles. The quantitative estimate of drug-likeness (QED) is 0.683. The van der Waals surface area contributed by atoms with Crippen molar-refractivity contribution in [1.82, 2.24) is 4.90 Å². The number of carbonyl (C=O) groups excluding carboxylic acids is 1.